The zero-order valence-electron chi connectivity index (χ0n) is 15.7. The number of aromatic nitrogens is 3. The van der Waals surface area contributed by atoms with Gasteiger partial charge in [0.1, 0.15) is 5.51 Å². The van der Waals surface area contributed by atoms with Crippen LogP contribution in [0.3, 0.4) is 0 Å². The Hall–Kier alpha value is -3.13. The monoisotopic (exact) mass is 395 g/mol. The van der Waals surface area contributed by atoms with Crippen LogP contribution in [-0.2, 0) is 9.59 Å². The van der Waals surface area contributed by atoms with Gasteiger partial charge in [0.05, 0.1) is 6.04 Å². The van der Waals surface area contributed by atoms with Crippen molar-refractivity contribution in [2.75, 3.05) is 5.32 Å². The molecule has 28 heavy (non-hydrogen) atoms. The molecule has 0 spiro atoms. The van der Waals surface area contributed by atoms with E-state index in [0.717, 1.165) is 16.7 Å². The number of rotatable bonds is 7. The van der Waals surface area contributed by atoms with Crippen molar-refractivity contribution in [2.45, 2.75) is 32.7 Å². The molecule has 2 heterocycles. The molecule has 8 heteroatoms. The van der Waals surface area contributed by atoms with Gasteiger partial charge in [-0.15, -0.1) is 10.2 Å². The summed E-state index contributed by atoms with van der Waals surface area (Å²) in [5.74, 6) is -0.476. The molecule has 1 aromatic carbocycles. The largest absolute Gasteiger partial charge is 0.345 e. The Balaban J connectivity index is 1.68. The molecule has 0 fully saturated rings. The van der Waals surface area contributed by atoms with Crippen LogP contribution in [-0.4, -0.2) is 27.0 Å². The lowest BCUT2D eigenvalue weighted by molar-refractivity contribution is -0.124. The molecule has 2 N–H and O–H groups in total. The van der Waals surface area contributed by atoms with Gasteiger partial charge in [0, 0.05) is 25.2 Å². The summed E-state index contributed by atoms with van der Waals surface area (Å²) < 4.78 is 0. The van der Waals surface area contributed by atoms with Crippen LogP contribution < -0.4 is 10.6 Å². The van der Waals surface area contributed by atoms with Crippen molar-refractivity contribution < 1.29 is 9.59 Å². The van der Waals surface area contributed by atoms with Crippen molar-refractivity contribution in [3.05, 3.63) is 70.5 Å². The number of hydrogen-bond donors (Lipinski definition) is 2. The summed E-state index contributed by atoms with van der Waals surface area (Å²) in [4.78, 5) is 28.6. The first-order chi connectivity index (χ1) is 13.5. The lowest BCUT2D eigenvalue weighted by Gasteiger charge is -2.20. The molecule has 1 unspecified atom stereocenters. The number of hydrogen-bond acceptors (Lipinski definition) is 6. The van der Waals surface area contributed by atoms with Gasteiger partial charge in [-0.3, -0.25) is 14.6 Å². The molecule has 0 radical (unpaired) electrons. The summed E-state index contributed by atoms with van der Waals surface area (Å²) in [5.41, 5.74) is 5.73. The van der Waals surface area contributed by atoms with E-state index in [-0.39, 0.29) is 30.7 Å². The van der Waals surface area contributed by atoms with Gasteiger partial charge >= 0.3 is 0 Å². The average Bonchev–Trinajstić information content (AvgIpc) is 3.20. The highest BCUT2D eigenvalue weighted by Crippen LogP contribution is 2.24. The second-order valence-corrected chi connectivity index (χ2v) is 7.26. The molecule has 3 rings (SSSR count). The van der Waals surface area contributed by atoms with E-state index in [9.17, 15) is 9.59 Å². The highest BCUT2D eigenvalue weighted by molar-refractivity contribution is 7.13. The number of nitrogens with zero attached hydrogens (tertiary/aromatic N) is 3. The van der Waals surface area contributed by atoms with Crippen LogP contribution in [0.25, 0.3) is 0 Å². The summed E-state index contributed by atoms with van der Waals surface area (Å²) in [6.07, 6.45) is 3.58. The van der Waals surface area contributed by atoms with E-state index in [1.807, 2.05) is 38.1 Å². The number of nitrogens with one attached hydrogen (secondary N) is 2. The summed E-state index contributed by atoms with van der Waals surface area (Å²) in [5, 5.41) is 13.5. The number of carbonyl (C=O) groups is 2. The first-order valence-corrected chi connectivity index (χ1v) is 9.73. The van der Waals surface area contributed by atoms with Crippen LogP contribution in [0.2, 0.25) is 0 Å². The molecule has 0 aliphatic carbocycles. The highest BCUT2D eigenvalue weighted by Gasteiger charge is 2.18. The third-order valence-electron chi connectivity index (χ3n) is 4.37. The van der Waals surface area contributed by atoms with E-state index in [1.54, 1.807) is 12.4 Å². The molecule has 0 saturated heterocycles. The summed E-state index contributed by atoms with van der Waals surface area (Å²) in [6, 6.07) is 9.54. The normalized spacial score (nSPS) is 11.6. The first kappa shape index (κ1) is 19.6. The quantitative estimate of drug-likeness (QED) is 0.640. The molecule has 1 atom stereocenters. The number of aryl methyl sites for hydroxylation is 2. The van der Waals surface area contributed by atoms with Crippen LogP contribution in [0, 0.1) is 13.8 Å². The van der Waals surface area contributed by atoms with E-state index in [1.165, 1.54) is 22.4 Å². The Labute approximate surface area is 167 Å². The maximum atomic E-state index is 12.5. The standard InChI is InChI=1S/C20H21N5O2S/c1-13-5-6-15(10-14(13)2)19(16-4-3-9-21-11-16)23-17(26)7-8-18(27)24-20-25-22-12-28-20/h3-6,9-12,19H,7-8H2,1-2H3,(H,23,26)(H,24,25,27). The maximum absolute atomic E-state index is 12.5. The zero-order chi connectivity index (χ0) is 19.9. The summed E-state index contributed by atoms with van der Waals surface area (Å²) in [6.45, 7) is 4.09. The summed E-state index contributed by atoms with van der Waals surface area (Å²) >= 11 is 1.23. The van der Waals surface area contributed by atoms with E-state index in [4.69, 9.17) is 0 Å². The van der Waals surface area contributed by atoms with Gasteiger partial charge in [0.2, 0.25) is 16.9 Å². The minimum absolute atomic E-state index is 0.0676. The minimum Gasteiger partial charge on any atom is -0.345 e. The lowest BCUT2D eigenvalue weighted by atomic mass is 9.96. The van der Waals surface area contributed by atoms with Crippen LogP contribution in [0.5, 0.6) is 0 Å². The molecule has 2 aromatic heterocycles. The van der Waals surface area contributed by atoms with Crippen molar-refractivity contribution in [3.8, 4) is 0 Å². The molecule has 2 amide bonds. The van der Waals surface area contributed by atoms with Crippen molar-refractivity contribution >= 4 is 28.3 Å². The van der Waals surface area contributed by atoms with Crippen LogP contribution in [0.4, 0.5) is 5.13 Å². The number of benzene rings is 1. The second-order valence-electron chi connectivity index (χ2n) is 6.42. The van der Waals surface area contributed by atoms with Gasteiger partial charge in [0.25, 0.3) is 0 Å². The SMILES string of the molecule is Cc1ccc(C(NC(=O)CCC(=O)Nc2nncs2)c2cccnc2)cc1C. The van der Waals surface area contributed by atoms with E-state index < -0.39 is 0 Å². The predicted molar refractivity (Wildman–Crippen MR) is 108 cm³/mol. The molecule has 3 aromatic rings. The van der Waals surface area contributed by atoms with Gasteiger partial charge in [-0.2, -0.15) is 0 Å². The van der Waals surface area contributed by atoms with E-state index in [0.29, 0.717) is 5.13 Å². The molecular formula is C20H21N5O2S. The van der Waals surface area contributed by atoms with Gasteiger partial charge in [-0.25, -0.2) is 0 Å². The lowest BCUT2D eigenvalue weighted by Crippen LogP contribution is -2.30. The Bertz CT molecular complexity index is 944. The predicted octanol–water partition coefficient (Wildman–Crippen LogP) is 3.17. The van der Waals surface area contributed by atoms with Crippen molar-refractivity contribution in [1.82, 2.24) is 20.5 Å². The van der Waals surface area contributed by atoms with Crippen LogP contribution in [0.15, 0.2) is 48.2 Å². The number of amides is 2. The fourth-order valence-electron chi connectivity index (χ4n) is 2.72. The Morgan fingerprint density at radius 2 is 1.89 bits per heavy atom. The van der Waals surface area contributed by atoms with Gasteiger partial charge in [0.15, 0.2) is 0 Å². The van der Waals surface area contributed by atoms with Crippen molar-refractivity contribution in [2.24, 2.45) is 0 Å². The number of anilines is 1. The van der Waals surface area contributed by atoms with Gasteiger partial charge in [-0.05, 0) is 42.2 Å². The fraction of sp³-hybridized carbons (Fsp3) is 0.250. The fourth-order valence-corrected chi connectivity index (χ4v) is 3.18. The molecule has 0 saturated carbocycles. The maximum Gasteiger partial charge on any atom is 0.226 e. The molecule has 0 aliphatic heterocycles. The second kappa shape index (κ2) is 9.18. The van der Waals surface area contributed by atoms with E-state index in [2.05, 4.69) is 31.9 Å². The summed E-state index contributed by atoms with van der Waals surface area (Å²) in [7, 11) is 0. The third-order valence-corrected chi connectivity index (χ3v) is 4.98. The molecule has 0 aliphatic rings. The first-order valence-electron chi connectivity index (χ1n) is 8.85. The minimum atomic E-state index is -0.327. The Morgan fingerprint density at radius 3 is 2.57 bits per heavy atom. The smallest absolute Gasteiger partial charge is 0.226 e. The zero-order valence-corrected chi connectivity index (χ0v) is 16.5. The molecule has 7 nitrogen and oxygen atoms in total. The average molecular weight is 395 g/mol. The molecular weight excluding hydrogens is 374 g/mol. The number of pyridine rings is 1. The topological polar surface area (TPSA) is 96.9 Å². The van der Waals surface area contributed by atoms with Crippen molar-refractivity contribution in [3.63, 3.8) is 0 Å². The third kappa shape index (κ3) is 5.20. The van der Waals surface area contributed by atoms with Crippen molar-refractivity contribution in [1.29, 1.82) is 0 Å². The van der Waals surface area contributed by atoms with Gasteiger partial charge < -0.3 is 10.6 Å². The number of carbonyl (C=O) groups excluding carboxylic acids is 2. The van der Waals surface area contributed by atoms with Crippen LogP contribution in [0.1, 0.15) is 41.1 Å². The van der Waals surface area contributed by atoms with Crippen LogP contribution >= 0.6 is 11.3 Å². The molecule has 144 valence electrons. The highest BCUT2D eigenvalue weighted by atomic mass is 32.1. The Kier molecular flexibility index (Phi) is 6.44. The molecule has 0 bridgehead atoms. The Morgan fingerprint density at radius 1 is 1.07 bits per heavy atom. The van der Waals surface area contributed by atoms with Gasteiger partial charge in [-0.1, -0.05) is 35.6 Å². The van der Waals surface area contributed by atoms with E-state index >= 15 is 0 Å².